The van der Waals surface area contributed by atoms with Gasteiger partial charge in [-0.3, -0.25) is 4.79 Å². The molecular weight excluding hydrogens is 388 g/mol. The molecule has 0 saturated heterocycles. The van der Waals surface area contributed by atoms with Crippen LogP contribution in [0.3, 0.4) is 0 Å². The maximum atomic E-state index is 12.1. The van der Waals surface area contributed by atoms with Gasteiger partial charge in [0.25, 0.3) is 0 Å². The molecule has 0 amide bonds. The van der Waals surface area contributed by atoms with E-state index in [4.69, 9.17) is 9.47 Å². The van der Waals surface area contributed by atoms with Crippen LogP contribution in [0.15, 0.2) is 48.5 Å². The summed E-state index contributed by atoms with van der Waals surface area (Å²) in [6.07, 6.45) is 3.29. The molecule has 1 aliphatic carbocycles. The highest BCUT2D eigenvalue weighted by Crippen LogP contribution is 2.40. The van der Waals surface area contributed by atoms with Gasteiger partial charge in [0.05, 0.1) is 25.2 Å². The van der Waals surface area contributed by atoms with Gasteiger partial charge in [0.2, 0.25) is 0 Å². The highest BCUT2D eigenvalue weighted by molar-refractivity contribution is 5.89. The predicted molar refractivity (Wildman–Crippen MR) is 122 cm³/mol. The Labute approximate surface area is 184 Å². The van der Waals surface area contributed by atoms with Crippen LogP contribution in [0.5, 0.6) is 0 Å². The minimum atomic E-state index is -0.333. The van der Waals surface area contributed by atoms with E-state index >= 15 is 0 Å². The molecule has 1 aliphatic rings. The molecule has 3 rings (SSSR count). The lowest BCUT2D eigenvalue weighted by Crippen LogP contribution is -2.22. The predicted octanol–water partition coefficient (Wildman–Crippen LogP) is 5.28. The number of fused-ring (bicyclic) bond motifs is 1. The van der Waals surface area contributed by atoms with Crippen LogP contribution in [-0.2, 0) is 19.7 Å². The van der Waals surface area contributed by atoms with E-state index in [2.05, 4.69) is 43.9 Å². The van der Waals surface area contributed by atoms with E-state index in [0.717, 1.165) is 28.7 Å². The lowest BCUT2D eigenvalue weighted by molar-refractivity contribution is -0.141. The Kier molecular flexibility index (Phi) is 6.97. The zero-order valence-corrected chi connectivity index (χ0v) is 18.6. The Bertz CT molecular complexity index is 1060. The molecule has 4 nitrogen and oxygen atoms in total. The summed E-state index contributed by atoms with van der Waals surface area (Å²) in [5.41, 5.74) is 5.48. The van der Waals surface area contributed by atoms with Gasteiger partial charge >= 0.3 is 11.9 Å². The van der Waals surface area contributed by atoms with Gasteiger partial charge < -0.3 is 9.47 Å². The molecule has 0 spiro atoms. The summed E-state index contributed by atoms with van der Waals surface area (Å²) in [5, 5.41) is 0. The van der Waals surface area contributed by atoms with Crippen molar-refractivity contribution < 1.29 is 19.1 Å². The van der Waals surface area contributed by atoms with Crippen LogP contribution in [0.4, 0.5) is 0 Å². The van der Waals surface area contributed by atoms with Gasteiger partial charge in [-0.05, 0) is 78.8 Å². The van der Waals surface area contributed by atoms with Gasteiger partial charge in [0, 0.05) is 11.1 Å². The van der Waals surface area contributed by atoms with Crippen molar-refractivity contribution >= 4 is 17.5 Å². The molecule has 2 aromatic carbocycles. The Balaban J connectivity index is 1.86. The minimum Gasteiger partial charge on any atom is -0.466 e. The molecule has 0 N–H and O–H groups in total. The first-order valence-electron chi connectivity index (χ1n) is 10.6. The molecule has 0 bridgehead atoms. The van der Waals surface area contributed by atoms with Gasteiger partial charge in [0.1, 0.15) is 0 Å². The summed E-state index contributed by atoms with van der Waals surface area (Å²) in [6, 6.07) is 13.3. The molecule has 2 aromatic rings. The molecule has 0 atom stereocenters. The Hall–Kier alpha value is -3.32. The van der Waals surface area contributed by atoms with E-state index in [1.54, 1.807) is 19.1 Å². The lowest BCUT2D eigenvalue weighted by Gasteiger charge is -2.32. The summed E-state index contributed by atoms with van der Waals surface area (Å²) < 4.78 is 10.2. The van der Waals surface area contributed by atoms with Crippen molar-refractivity contribution in [2.75, 3.05) is 13.2 Å². The second-order valence-corrected chi connectivity index (χ2v) is 8.11. The first-order chi connectivity index (χ1) is 14.8. The third-order valence-corrected chi connectivity index (χ3v) is 5.34. The standard InChI is InChI=1S/C27H28O4/c1-5-30-25(28)18-22-15-16-27(3,4)24-14-11-20(17-23(22)24)8-7-19-9-12-21(13-10-19)26(29)31-6-2/h9-15,17H,5-6,16,18H2,1-4H3. The quantitative estimate of drug-likeness (QED) is 0.491. The minimum absolute atomic E-state index is 0.00236. The average Bonchev–Trinajstić information content (AvgIpc) is 2.75. The maximum Gasteiger partial charge on any atom is 0.338 e. The fourth-order valence-electron chi connectivity index (χ4n) is 3.66. The molecule has 0 heterocycles. The van der Waals surface area contributed by atoms with E-state index in [-0.39, 0.29) is 23.8 Å². The van der Waals surface area contributed by atoms with Crippen LogP contribution in [0.2, 0.25) is 0 Å². The fraction of sp³-hybridized carbons (Fsp3) is 0.333. The van der Waals surface area contributed by atoms with Gasteiger partial charge in [-0.25, -0.2) is 4.79 Å². The highest BCUT2D eigenvalue weighted by atomic mass is 16.5. The van der Waals surface area contributed by atoms with Crippen LogP contribution >= 0.6 is 0 Å². The van der Waals surface area contributed by atoms with Crippen LogP contribution < -0.4 is 0 Å². The number of allylic oxidation sites excluding steroid dienone is 1. The smallest absolute Gasteiger partial charge is 0.338 e. The number of carbonyl (C=O) groups excluding carboxylic acids is 2. The molecule has 0 saturated carbocycles. The summed E-state index contributed by atoms with van der Waals surface area (Å²) in [6.45, 7) is 8.74. The number of hydrogen-bond donors (Lipinski definition) is 0. The second kappa shape index (κ2) is 9.66. The third kappa shape index (κ3) is 5.44. The second-order valence-electron chi connectivity index (χ2n) is 8.11. The Morgan fingerprint density at radius 1 is 0.935 bits per heavy atom. The third-order valence-electron chi connectivity index (χ3n) is 5.34. The molecule has 0 aliphatic heterocycles. The van der Waals surface area contributed by atoms with Crippen LogP contribution in [0.1, 0.15) is 73.1 Å². The zero-order valence-electron chi connectivity index (χ0n) is 18.6. The summed E-state index contributed by atoms with van der Waals surface area (Å²) >= 11 is 0. The van der Waals surface area contributed by atoms with Crippen molar-refractivity contribution in [2.24, 2.45) is 0 Å². The molecule has 31 heavy (non-hydrogen) atoms. The van der Waals surface area contributed by atoms with Crippen molar-refractivity contribution in [2.45, 2.75) is 46.0 Å². The highest BCUT2D eigenvalue weighted by Gasteiger charge is 2.28. The fourth-order valence-corrected chi connectivity index (χ4v) is 3.66. The molecule has 0 radical (unpaired) electrons. The van der Waals surface area contributed by atoms with Crippen molar-refractivity contribution in [3.63, 3.8) is 0 Å². The number of rotatable bonds is 5. The maximum absolute atomic E-state index is 12.1. The van der Waals surface area contributed by atoms with Crippen LogP contribution in [0, 0.1) is 11.8 Å². The van der Waals surface area contributed by atoms with Crippen LogP contribution in [-0.4, -0.2) is 25.2 Å². The zero-order chi connectivity index (χ0) is 22.4. The molecule has 0 aromatic heterocycles. The van der Waals surface area contributed by atoms with E-state index in [9.17, 15) is 9.59 Å². The van der Waals surface area contributed by atoms with Gasteiger partial charge in [-0.2, -0.15) is 0 Å². The van der Waals surface area contributed by atoms with Gasteiger partial charge in [-0.1, -0.05) is 37.8 Å². The van der Waals surface area contributed by atoms with E-state index < -0.39 is 0 Å². The summed E-state index contributed by atoms with van der Waals surface area (Å²) in [5.74, 6) is 5.81. The van der Waals surface area contributed by atoms with Crippen molar-refractivity contribution in [3.8, 4) is 11.8 Å². The first kappa shape index (κ1) is 22.4. The average molecular weight is 417 g/mol. The number of esters is 2. The topological polar surface area (TPSA) is 52.6 Å². The number of ether oxygens (including phenoxy) is 2. The molecule has 4 heteroatoms. The molecular formula is C27H28O4. The molecule has 0 unspecified atom stereocenters. The first-order valence-corrected chi connectivity index (χ1v) is 10.6. The molecule has 160 valence electrons. The summed E-state index contributed by atoms with van der Waals surface area (Å²) in [7, 11) is 0. The largest absolute Gasteiger partial charge is 0.466 e. The van der Waals surface area contributed by atoms with Crippen molar-refractivity contribution in [1.29, 1.82) is 0 Å². The normalized spacial score (nSPS) is 13.9. The molecule has 0 fully saturated rings. The van der Waals surface area contributed by atoms with E-state index in [1.807, 2.05) is 25.1 Å². The number of hydrogen-bond acceptors (Lipinski definition) is 4. The van der Waals surface area contributed by atoms with Crippen LogP contribution in [0.25, 0.3) is 5.57 Å². The monoisotopic (exact) mass is 416 g/mol. The van der Waals surface area contributed by atoms with E-state index in [0.29, 0.717) is 18.8 Å². The lowest BCUT2D eigenvalue weighted by atomic mass is 9.72. The van der Waals surface area contributed by atoms with E-state index in [1.165, 1.54) is 5.56 Å². The number of carbonyl (C=O) groups is 2. The van der Waals surface area contributed by atoms with Gasteiger partial charge in [-0.15, -0.1) is 0 Å². The summed E-state index contributed by atoms with van der Waals surface area (Å²) in [4.78, 5) is 23.8. The van der Waals surface area contributed by atoms with Gasteiger partial charge in [0.15, 0.2) is 0 Å². The van der Waals surface area contributed by atoms with Crippen molar-refractivity contribution in [3.05, 3.63) is 76.4 Å². The SMILES string of the molecule is CCOC(=O)CC1=CCC(C)(C)c2ccc(C#Cc3ccc(C(=O)OCC)cc3)cc21. The Morgan fingerprint density at radius 2 is 1.58 bits per heavy atom. The number of benzene rings is 2. The Morgan fingerprint density at radius 3 is 2.26 bits per heavy atom. The van der Waals surface area contributed by atoms with Crippen molar-refractivity contribution in [1.82, 2.24) is 0 Å².